The van der Waals surface area contributed by atoms with Crippen LogP contribution in [-0.2, 0) is 16.4 Å². The van der Waals surface area contributed by atoms with Crippen molar-refractivity contribution in [2.45, 2.75) is 48.2 Å². The molecule has 2 aliphatic heterocycles. The van der Waals surface area contributed by atoms with E-state index in [9.17, 15) is 9.32 Å². The summed E-state index contributed by atoms with van der Waals surface area (Å²) in [6, 6.07) is 3.62. The van der Waals surface area contributed by atoms with Gasteiger partial charge in [-0.1, -0.05) is 6.42 Å². The lowest BCUT2D eigenvalue weighted by Gasteiger charge is -2.43. The molecule has 2 saturated heterocycles. The Labute approximate surface area is 115 Å². The van der Waals surface area contributed by atoms with Crippen molar-refractivity contribution in [3.8, 4) is 5.75 Å². The van der Waals surface area contributed by atoms with E-state index in [4.69, 9.17) is 4.74 Å². The molecule has 19 heavy (non-hydrogen) atoms. The predicted molar refractivity (Wildman–Crippen MR) is 73.5 cm³/mol. The van der Waals surface area contributed by atoms with E-state index in [1.54, 1.807) is 19.4 Å². The highest BCUT2D eigenvalue weighted by atomic mass is 32.2. The van der Waals surface area contributed by atoms with E-state index in [0.717, 1.165) is 19.3 Å². The van der Waals surface area contributed by atoms with Crippen LogP contribution < -0.4 is 4.74 Å². The Morgan fingerprint density at radius 2 is 2.11 bits per heavy atom. The smallest absolute Gasteiger partial charge is 0.143 e. The Bertz CT molecular complexity index is 489. The summed E-state index contributed by atoms with van der Waals surface area (Å²) in [4.78, 5) is 4.32. The lowest BCUT2D eigenvalue weighted by Crippen LogP contribution is -2.47. The van der Waals surface area contributed by atoms with Crippen LogP contribution in [0.4, 0.5) is 0 Å². The minimum Gasteiger partial charge on any atom is -0.495 e. The van der Waals surface area contributed by atoms with Crippen molar-refractivity contribution in [1.82, 2.24) is 4.98 Å². The molecule has 0 radical (unpaired) electrons. The quantitative estimate of drug-likeness (QED) is 0.897. The van der Waals surface area contributed by atoms with Gasteiger partial charge < -0.3 is 9.84 Å². The maximum Gasteiger partial charge on any atom is 0.143 e. The molecule has 1 N–H and O–H groups in total. The molecule has 2 unspecified atom stereocenters. The zero-order valence-electron chi connectivity index (χ0n) is 11.0. The molecular weight excluding hydrogens is 262 g/mol. The Hall–Kier alpha value is -0.940. The number of nitrogens with zero attached hydrogens (tertiary/aromatic N) is 1. The number of hydrogen-bond acceptors (Lipinski definition) is 4. The second kappa shape index (κ2) is 4.87. The molecule has 3 rings (SSSR count). The van der Waals surface area contributed by atoms with Crippen LogP contribution in [0, 0.1) is 0 Å². The number of aromatic nitrogens is 1. The molecule has 0 spiro atoms. The number of aliphatic hydroxyl groups is 1. The van der Waals surface area contributed by atoms with Gasteiger partial charge in [0.15, 0.2) is 0 Å². The van der Waals surface area contributed by atoms with Gasteiger partial charge in [0.1, 0.15) is 17.0 Å². The first kappa shape index (κ1) is 13.1. The highest BCUT2D eigenvalue weighted by Crippen LogP contribution is 2.45. The van der Waals surface area contributed by atoms with Crippen molar-refractivity contribution in [2.75, 3.05) is 7.11 Å². The van der Waals surface area contributed by atoms with E-state index < -0.39 is 16.4 Å². The van der Waals surface area contributed by atoms with Crippen LogP contribution in [0.2, 0.25) is 0 Å². The normalized spacial score (nSPS) is 37.9. The summed E-state index contributed by atoms with van der Waals surface area (Å²) < 4.78 is 17.5. The minimum atomic E-state index is -0.990. The molecule has 2 aliphatic rings. The second-order valence-electron chi connectivity index (χ2n) is 5.50. The summed E-state index contributed by atoms with van der Waals surface area (Å²) in [6.07, 6.45) is 5.75. The van der Waals surface area contributed by atoms with Crippen LogP contribution in [0.25, 0.3) is 0 Å². The summed E-state index contributed by atoms with van der Waals surface area (Å²) in [5, 5.41) is 11.2. The maximum atomic E-state index is 12.2. The number of ether oxygens (including phenoxy) is 1. The summed E-state index contributed by atoms with van der Waals surface area (Å²) in [6.45, 7) is 0. The monoisotopic (exact) mass is 281 g/mol. The molecular formula is C14H19NO3S. The van der Waals surface area contributed by atoms with Crippen molar-refractivity contribution in [2.24, 2.45) is 0 Å². The van der Waals surface area contributed by atoms with Crippen molar-refractivity contribution >= 4 is 10.8 Å². The van der Waals surface area contributed by atoms with E-state index in [0.29, 0.717) is 24.3 Å². The fourth-order valence-corrected chi connectivity index (χ4v) is 5.60. The highest BCUT2D eigenvalue weighted by Gasteiger charge is 2.48. The predicted octanol–water partition coefficient (Wildman–Crippen LogP) is 1.74. The molecule has 1 aromatic rings. The number of hydrogen-bond donors (Lipinski definition) is 1. The van der Waals surface area contributed by atoms with Gasteiger partial charge in [0.25, 0.3) is 0 Å². The fraction of sp³-hybridized carbons (Fsp3) is 0.643. The average Bonchev–Trinajstić information content (AvgIpc) is 2.41. The zero-order valence-corrected chi connectivity index (χ0v) is 11.9. The summed E-state index contributed by atoms with van der Waals surface area (Å²) in [5.41, 5.74) is -0.387. The van der Waals surface area contributed by atoms with Crippen LogP contribution in [0.1, 0.15) is 37.8 Å². The van der Waals surface area contributed by atoms with Gasteiger partial charge in [0.2, 0.25) is 0 Å². The third kappa shape index (κ3) is 2.19. The SMILES string of the molecule is COc1cccnc1C1(O)CC2CCCC(C1)S2=O. The number of methoxy groups -OCH3 is 1. The van der Waals surface area contributed by atoms with Crippen molar-refractivity contribution in [3.05, 3.63) is 24.0 Å². The third-order valence-electron chi connectivity index (χ3n) is 4.27. The Kier molecular flexibility index (Phi) is 3.35. The van der Waals surface area contributed by atoms with E-state index in [2.05, 4.69) is 4.98 Å². The average molecular weight is 281 g/mol. The Balaban J connectivity index is 1.97. The van der Waals surface area contributed by atoms with Crippen LogP contribution in [-0.4, -0.2) is 31.9 Å². The van der Waals surface area contributed by atoms with Gasteiger partial charge in [-0.3, -0.25) is 9.19 Å². The first-order valence-corrected chi connectivity index (χ1v) is 8.03. The van der Waals surface area contributed by atoms with Crippen molar-refractivity contribution in [3.63, 3.8) is 0 Å². The van der Waals surface area contributed by atoms with Crippen LogP contribution in [0.15, 0.2) is 18.3 Å². The molecule has 5 heteroatoms. The van der Waals surface area contributed by atoms with Gasteiger partial charge in [-0.05, 0) is 37.8 Å². The summed E-state index contributed by atoms with van der Waals surface area (Å²) >= 11 is 0. The molecule has 0 aromatic carbocycles. The molecule has 2 bridgehead atoms. The topological polar surface area (TPSA) is 59.4 Å². The second-order valence-corrected chi connectivity index (χ2v) is 7.49. The third-order valence-corrected chi connectivity index (χ3v) is 6.39. The van der Waals surface area contributed by atoms with Crippen molar-refractivity contribution in [1.29, 1.82) is 0 Å². The Morgan fingerprint density at radius 1 is 1.42 bits per heavy atom. The number of pyridine rings is 1. The maximum absolute atomic E-state index is 12.2. The van der Waals surface area contributed by atoms with E-state index >= 15 is 0 Å². The lowest BCUT2D eigenvalue weighted by atomic mass is 9.82. The van der Waals surface area contributed by atoms with Gasteiger partial charge >= 0.3 is 0 Å². The van der Waals surface area contributed by atoms with Crippen molar-refractivity contribution < 1.29 is 14.1 Å². The molecule has 0 aliphatic carbocycles. The zero-order chi connectivity index (χ0) is 13.5. The summed E-state index contributed by atoms with van der Waals surface area (Å²) in [7, 11) is 0.795. The highest BCUT2D eigenvalue weighted by molar-refractivity contribution is 7.86. The fourth-order valence-electron chi connectivity index (χ4n) is 3.38. The largest absolute Gasteiger partial charge is 0.495 e. The minimum absolute atomic E-state index is 0.101. The molecule has 3 heterocycles. The van der Waals surface area contributed by atoms with Crippen LogP contribution in [0.3, 0.4) is 0 Å². The van der Waals surface area contributed by atoms with E-state index in [1.165, 1.54) is 0 Å². The molecule has 1 aromatic heterocycles. The lowest BCUT2D eigenvalue weighted by molar-refractivity contribution is 0.000340. The van der Waals surface area contributed by atoms with Gasteiger partial charge in [-0.15, -0.1) is 0 Å². The molecule has 4 nitrogen and oxygen atoms in total. The van der Waals surface area contributed by atoms with E-state index in [1.807, 2.05) is 6.07 Å². The number of fused-ring (bicyclic) bond motifs is 2. The number of rotatable bonds is 2. The summed E-state index contributed by atoms with van der Waals surface area (Å²) in [5.74, 6) is 0.621. The van der Waals surface area contributed by atoms with Gasteiger partial charge in [0, 0.05) is 27.5 Å². The van der Waals surface area contributed by atoms with Gasteiger partial charge in [-0.25, -0.2) is 0 Å². The first-order valence-electron chi connectivity index (χ1n) is 6.75. The van der Waals surface area contributed by atoms with Gasteiger partial charge in [0.05, 0.1) is 7.11 Å². The Morgan fingerprint density at radius 3 is 2.74 bits per heavy atom. The van der Waals surface area contributed by atoms with Crippen LogP contribution in [0.5, 0.6) is 5.75 Å². The molecule has 104 valence electrons. The molecule has 0 amide bonds. The van der Waals surface area contributed by atoms with Crippen LogP contribution >= 0.6 is 0 Å². The molecule has 2 atom stereocenters. The van der Waals surface area contributed by atoms with Gasteiger partial charge in [-0.2, -0.15) is 0 Å². The first-order chi connectivity index (χ1) is 9.14. The molecule has 2 fully saturated rings. The molecule has 0 saturated carbocycles. The standard InChI is InChI=1S/C14H19NO3S/c1-18-12-6-3-7-15-13(12)14(16)8-10-4-2-5-11(9-14)19(10)17/h3,6-7,10-11,16H,2,4-5,8-9H2,1H3. The van der Waals surface area contributed by atoms with E-state index in [-0.39, 0.29) is 10.5 Å².